The van der Waals surface area contributed by atoms with Gasteiger partial charge in [0.15, 0.2) is 5.78 Å². The fourth-order valence-corrected chi connectivity index (χ4v) is 4.26. The number of hydrogen-bond donors (Lipinski definition) is 0. The van der Waals surface area contributed by atoms with Crippen molar-refractivity contribution >= 4 is 21.9 Å². The topological polar surface area (TPSA) is 54.5 Å². The number of benzene rings is 2. The molecule has 1 aliphatic heterocycles. The average molecular weight is 359 g/mol. The van der Waals surface area contributed by atoms with Crippen LogP contribution in [0.15, 0.2) is 59.5 Å². The van der Waals surface area contributed by atoms with Gasteiger partial charge in [-0.1, -0.05) is 18.2 Å². The summed E-state index contributed by atoms with van der Waals surface area (Å²) in [6.07, 6.45) is 4.63. The Kier molecular flexibility index (Phi) is 5.11. The maximum atomic E-state index is 13.1. The Hall–Kier alpha value is -2.31. The Labute approximate surface area is 146 Å². The minimum atomic E-state index is -3.48. The van der Waals surface area contributed by atoms with E-state index in [4.69, 9.17) is 0 Å². The van der Waals surface area contributed by atoms with Gasteiger partial charge in [0.2, 0.25) is 10.0 Å². The largest absolute Gasteiger partial charge is 0.289 e. The molecule has 0 aliphatic carbocycles. The van der Waals surface area contributed by atoms with Crippen LogP contribution >= 0.6 is 0 Å². The first-order chi connectivity index (χ1) is 12.0. The maximum absolute atomic E-state index is 13.1. The molecule has 0 aromatic heterocycles. The Morgan fingerprint density at radius 3 is 2.36 bits per heavy atom. The molecule has 1 fully saturated rings. The minimum Gasteiger partial charge on any atom is -0.289 e. The summed E-state index contributed by atoms with van der Waals surface area (Å²) in [6, 6.07) is 11.8. The monoisotopic (exact) mass is 359 g/mol. The van der Waals surface area contributed by atoms with Gasteiger partial charge in [0.1, 0.15) is 5.82 Å². The van der Waals surface area contributed by atoms with Crippen molar-refractivity contribution in [1.82, 2.24) is 4.31 Å². The lowest BCUT2D eigenvalue weighted by molar-refractivity contribution is 0.104. The molecule has 1 heterocycles. The second-order valence-corrected chi connectivity index (χ2v) is 7.83. The maximum Gasteiger partial charge on any atom is 0.243 e. The highest BCUT2D eigenvalue weighted by atomic mass is 32.2. The van der Waals surface area contributed by atoms with Gasteiger partial charge in [-0.15, -0.1) is 0 Å². The number of rotatable bonds is 5. The van der Waals surface area contributed by atoms with E-state index in [9.17, 15) is 17.6 Å². The number of sulfonamides is 1. The molecule has 0 bridgehead atoms. The Morgan fingerprint density at radius 1 is 1.04 bits per heavy atom. The van der Waals surface area contributed by atoms with Crippen LogP contribution in [-0.4, -0.2) is 31.6 Å². The number of nitrogens with zero attached hydrogens (tertiary/aromatic N) is 1. The number of hydrogen-bond acceptors (Lipinski definition) is 3. The van der Waals surface area contributed by atoms with Crippen molar-refractivity contribution in [3.63, 3.8) is 0 Å². The molecule has 0 spiro atoms. The van der Waals surface area contributed by atoms with Crippen LogP contribution < -0.4 is 0 Å². The molecule has 0 atom stereocenters. The molecular weight excluding hydrogens is 341 g/mol. The molecule has 4 nitrogen and oxygen atoms in total. The summed E-state index contributed by atoms with van der Waals surface area (Å²) < 4.78 is 39.5. The highest BCUT2D eigenvalue weighted by Crippen LogP contribution is 2.21. The summed E-state index contributed by atoms with van der Waals surface area (Å²) >= 11 is 0. The van der Waals surface area contributed by atoms with E-state index in [0.717, 1.165) is 12.8 Å². The molecule has 1 aliphatic rings. The molecule has 0 amide bonds. The number of halogens is 1. The highest BCUT2D eigenvalue weighted by molar-refractivity contribution is 7.89. The van der Waals surface area contributed by atoms with Gasteiger partial charge in [-0.05, 0) is 60.9 Å². The van der Waals surface area contributed by atoms with Gasteiger partial charge in [0.05, 0.1) is 4.90 Å². The Bertz CT molecular complexity index is 899. The molecule has 0 radical (unpaired) electrons. The normalized spacial score (nSPS) is 15.7. The van der Waals surface area contributed by atoms with Crippen molar-refractivity contribution in [2.45, 2.75) is 17.7 Å². The van der Waals surface area contributed by atoms with Gasteiger partial charge in [-0.25, -0.2) is 12.8 Å². The first kappa shape index (κ1) is 17.5. The third-order valence-electron chi connectivity index (χ3n) is 4.12. The quantitative estimate of drug-likeness (QED) is 0.606. The summed E-state index contributed by atoms with van der Waals surface area (Å²) in [5.41, 5.74) is 0.967. The van der Waals surface area contributed by atoms with Crippen LogP contribution in [0.5, 0.6) is 0 Å². The summed E-state index contributed by atoms with van der Waals surface area (Å²) in [4.78, 5) is 12.4. The molecule has 0 unspecified atom stereocenters. The van der Waals surface area contributed by atoms with E-state index in [2.05, 4.69) is 0 Å². The summed E-state index contributed by atoms with van der Waals surface area (Å²) in [5.74, 6) is -0.638. The van der Waals surface area contributed by atoms with Crippen LogP contribution in [0, 0.1) is 5.82 Å². The first-order valence-corrected chi connectivity index (χ1v) is 9.49. The van der Waals surface area contributed by atoms with Crippen LogP contribution in [0.2, 0.25) is 0 Å². The van der Waals surface area contributed by atoms with Crippen LogP contribution in [0.3, 0.4) is 0 Å². The molecule has 6 heteroatoms. The van der Waals surface area contributed by atoms with E-state index < -0.39 is 10.0 Å². The lowest BCUT2D eigenvalue weighted by atomic mass is 10.1. The van der Waals surface area contributed by atoms with Crippen molar-refractivity contribution in [3.8, 4) is 0 Å². The molecule has 1 saturated heterocycles. The van der Waals surface area contributed by atoms with Crippen LogP contribution in [-0.2, 0) is 10.0 Å². The van der Waals surface area contributed by atoms with E-state index in [1.165, 1.54) is 52.9 Å². The van der Waals surface area contributed by atoms with Gasteiger partial charge >= 0.3 is 0 Å². The van der Waals surface area contributed by atoms with Crippen molar-refractivity contribution < 1.29 is 17.6 Å². The van der Waals surface area contributed by atoms with Gasteiger partial charge in [-0.2, -0.15) is 4.31 Å². The third-order valence-corrected chi connectivity index (χ3v) is 6.03. The van der Waals surface area contributed by atoms with Crippen molar-refractivity contribution in [2.24, 2.45) is 0 Å². The predicted octanol–water partition coefficient (Wildman–Crippen LogP) is 3.51. The number of allylic oxidation sites excluding steroid dienone is 1. The van der Waals surface area contributed by atoms with E-state index in [1.807, 2.05) is 0 Å². The van der Waals surface area contributed by atoms with E-state index >= 15 is 0 Å². The van der Waals surface area contributed by atoms with Gasteiger partial charge < -0.3 is 0 Å². The zero-order chi connectivity index (χ0) is 17.9. The average Bonchev–Trinajstić information content (AvgIpc) is 3.15. The van der Waals surface area contributed by atoms with Crippen LogP contribution in [0.1, 0.15) is 28.8 Å². The molecule has 2 aromatic carbocycles. The smallest absolute Gasteiger partial charge is 0.243 e. The van der Waals surface area contributed by atoms with E-state index in [0.29, 0.717) is 24.2 Å². The van der Waals surface area contributed by atoms with Gasteiger partial charge in [0.25, 0.3) is 0 Å². The first-order valence-electron chi connectivity index (χ1n) is 8.05. The van der Waals surface area contributed by atoms with Crippen molar-refractivity contribution in [2.75, 3.05) is 13.1 Å². The van der Waals surface area contributed by atoms with E-state index in [1.54, 1.807) is 12.1 Å². The molecule has 130 valence electrons. The lowest BCUT2D eigenvalue weighted by Crippen LogP contribution is -2.27. The Balaban J connectivity index is 1.74. The SMILES string of the molecule is O=C(/C=C/c1cccc(F)c1)c1ccc(S(=O)(=O)N2CCCC2)cc1. The third kappa shape index (κ3) is 4.03. The zero-order valence-corrected chi connectivity index (χ0v) is 14.4. The molecule has 0 N–H and O–H groups in total. The number of ketones is 1. The molecule has 0 saturated carbocycles. The summed E-state index contributed by atoms with van der Waals surface area (Å²) in [7, 11) is -3.48. The number of carbonyl (C=O) groups excluding carboxylic acids is 1. The van der Waals surface area contributed by atoms with Crippen molar-refractivity contribution in [3.05, 3.63) is 71.6 Å². The molecule has 2 aromatic rings. The summed E-state index contributed by atoms with van der Waals surface area (Å²) in [6.45, 7) is 1.08. The fourth-order valence-electron chi connectivity index (χ4n) is 2.75. The van der Waals surface area contributed by atoms with Crippen LogP contribution in [0.4, 0.5) is 4.39 Å². The van der Waals surface area contributed by atoms with Crippen molar-refractivity contribution in [1.29, 1.82) is 0 Å². The fraction of sp³-hybridized carbons (Fsp3) is 0.211. The standard InChI is InChI=1S/C19H18FNO3S/c20-17-5-3-4-15(14-17)6-11-19(22)16-7-9-18(10-8-16)25(23,24)21-12-1-2-13-21/h3-11,14H,1-2,12-13H2/b11-6+. The Morgan fingerprint density at radius 2 is 1.72 bits per heavy atom. The summed E-state index contributed by atoms with van der Waals surface area (Å²) in [5, 5.41) is 0. The zero-order valence-electron chi connectivity index (χ0n) is 13.6. The van der Waals surface area contributed by atoms with Crippen LogP contribution in [0.25, 0.3) is 6.08 Å². The highest BCUT2D eigenvalue weighted by Gasteiger charge is 2.26. The van der Waals surface area contributed by atoms with Gasteiger partial charge in [0, 0.05) is 18.7 Å². The predicted molar refractivity (Wildman–Crippen MR) is 94.2 cm³/mol. The minimum absolute atomic E-state index is 0.195. The number of carbonyl (C=O) groups is 1. The molecule has 3 rings (SSSR count). The second-order valence-electron chi connectivity index (χ2n) is 5.89. The van der Waals surface area contributed by atoms with Gasteiger partial charge in [-0.3, -0.25) is 4.79 Å². The molecular formula is C19H18FNO3S. The second kappa shape index (κ2) is 7.29. The lowest BCUT2D eigenvalue weighted by Gasteiger charge is -2.15. The molecule has 25 heavy (non-hydrogen) atoms. The van der Waals surface area contributed by atoms with E-state index in [-0.39, 0.29) is 16.5 Å².